The molecule has 0 saturated carbocycles. The first-order valence-corrected chi connectivity index (χ1v) is 9.71. The van der Waals surface area contributed by atoms with E-state index in [-0.39, 0.29) is 17.9 Å². The van der Waals surface area contributed by atoms with Crippen LogP contribution in [0.15, 0.2) is 35.4 Å². The molecule has 29 heavy (non-hydrogen) atoms. The second-order valence-corrected chi connectivity index (χ2v) is 7.46. The first-order valence-electron chi connectivity index (χ1n) is 9.71. The molecular formula is C22H23N5O2. The van der Waals surface area contributed by atoms with Gasteiger partial charge in [-0.15, -0.1) is 0 Å². The third kappa shape index (κ3) is 3.68. The van der Waals surface area contributed by atoms with E-state index in [1.165, 1.54) is 11.1 Å². The van der Waals surface area contributed by atoms with Crippen molar-refractivity contribution >= 4 is 11.6 Å². The van der Waals surface area contributed by atoms with Crippen molar-refractivity contribution in [3.8, 4) is 11.6 Å². The Balaban J connectivity index is 1.64. The van der Waals surface area contributed by atoms with Crippen molar-refractivity contribution in [2.75, 3.05) is 11.4 Å². The van der Waals surface area contributed by atoms with Crippen LogP contribution in [0.1, 0.15) is 34.4 Å². The maximum Gasteiger partial charge on any atom is 0.255 e. The first kappa shape index (κ1) is 19.0. The molecule has 7 heteroatoms. The maximum absolute atomic E-state index is 13.1. The van der Waals surface area contributed by atoms with Gasteiger partial charge < -0.3 is 9.88 Å². The summed E-state index contributed by atoms with van der Waals surface area (Å²) in [6.07, 6.45) is 5.08. The van der Waals surface area contributed by atoms with Gasteiger partial charge in [0, 0.05) is 35.9 Å². The van der Waals surface area contributed by atoms with Crippen LogP contribution in [0, 0.1) is 20.8 Å². The van der Waals surface area contributed by atoms with Crippen molar-refractivity contribution in [2.45, 2.75) is 40.0 Å². The number of aromatic nitrogens is 4. The minimum Gasteiger partial charge on any atom is -0.312 e. The quantitative estimate of drug-likeness (QED) is 0.744. The van der Waals surface area contributed by atoms with Crippen LogP contribution in [0.3, 0.4) is 0 Å². The number of amides is 1. The van der Waals surface area contributed by atoms with E-state index in [1.54, 1.807) is 25.4 Å². The SMILES string of the molecule is Cc1cc(C)c2c(c1)N(C(=O)Cc1c(C)nc(-c3ncccn3)[nH]c1=O)CCC2. The zero-order valence-corrected chi connectivity index (χ0v) is 16.8. The van der Waals surface area contributed by atoms with Crippen molar-refractivity contribution in [1.29, 1.82) is 0 Å². The van der Waals surface area contributed by atoms with Crippen molar-refractivity contribution in [3.63, 3.8) is 0 Å². The van der Waals surface area contributed by atoms with Crippen LogP contribution in [-0.2, 0) is 17.6 Å². The number of carbonyl (C=O) groups is 1. The number of aromatic amines is 1. The fraction of sp³-hybridized carbons (Fsp3) is 0.318. The number of hydrogen-bond acceptors (Lipinski definition) is 5. The Morgan fingerprint density at radius 2 is 1.93 bits per heavy atom. The Morgan fingerprint density at radius 1 is 1.17 bits per heavy atom. The lowest BCUT2D eigenvalue weighted by Gasteiger charge is -2.31. The first-order chi connectivity index (χ1) is 13.9. The van der Waals surface area contributed by atoms with Gasteiger partial charge in [-0.1, -0.05) is 6.07 Å². The molecule has 3 aromatic rings. The molecular weight excluding hydrogens is 366 g/mol. The van der Waals surface area contributed by atoms with Gasteiger partial charge in [-0.3, -0.25) is 9.59 Å². The smallest absolute Gasteiger partial charge is 0.255 e. The minimum absolute atomic E-state index is 0.0104. The molecule has 1 amide bonds. The molecule has 0 spiro atoms. The predicted molar refractivity (Wildman–Crippen MR) is 111 cm³/mol. The highest BCUT2D eigenvalue weighted by molar-refractivity contribution is 5.96. The summed E-state index contributed by atoms with van der Waals surface area (Å²) in [5.41, 5.74) is 5.09. The number of fused-ring (bicyclic) bond motifs is 1. The average Bonchev–Trinajstić information content (AvgIpc) is 2.70. The van der Waals surface area contributed by atoms with Gasteiger partial charge in [0.05, 0.1) is 6.42 Å². The molecule has 3 heterocycles. The van der Waals surface area contributed by atoms with Gasteiger partial charge in [0.15, 0.2) is 11.6 Å². The topological polar surface area (TPSA) is 91.8 Å². The molecule has 0 bridgehead atoms. The van der Waals surface area contributed by atoms with Gasteiger partial charge in [0.25, 0.3) is 5.56 Å². The number of anilines is 1. The molecule has 4 rings (SSSR count). The van der Waals surface area contributed by atoms with Gasteiger partial charge in [-0.25, -0.2) is 15.0 Å². The monoisotopic (exact) mass is 389 g/mol. The van der Waals surface area contributed by atoms with Crippen LogP contribution in [0.2, 0.25) is 0 Å². The van der Waals surface area contributed by atoms with E-state index >= 15 is 0 Å². The number of nitrogens with zero attached hydrogens (tertiary/aromatic N) is 4. The number of carbonyl (C=O) groups excluding carboxylic acids is 1. The van der Waals surface area contributed by atoms with Crippen LogP contribution in [0.5, 0.6) is 0 Å². The van der Waals surface area contributed by atoms with Gasteiger partial charge in [0.1, 0.15) is 0 Å². The van der Waals surface area contributed by atoms with Crippen molar-refractivity contribution in [2.24, 2.45) is 0 Å². The molecule has 1 aliphatic heterocycles. The molecule has 0 fully saturated rings. The highest BCUT2D eigenvalue weighted by Gasteiger charge is 2.25. The number of aryl methyl sites for hydroxylation is 3. The number of rotatable bonds is 3. The number of H-pyrrole nitrogens is 1. The Kier molecular flexibility index (Phi) is 4.96. The van der Waals surface area contributed by atoms with Crippen LogP contribution in [0.4, 0.5) is 5.69 Å². The zero-order chi connectivity index (χ0) is 20.5. The highest BCUT2D eigenvalue weighted by atomic mass is 16.2. The summed E-state index contributed by atoms with van der Waals surface area (Å²) < 4.78 is 0. The third-order valence-electron chi connectivity index (χ3n) is 5.32. The molecule has 1 N–H and O–H groups in total. The van der Waals surface area contributed by atoms with E-state index in [1.807, 2.05) is 11.8 Å². The highest BCUT2D eigenvalue weighted by Crippen LogP contribution is 2.31. The van der Waals surface area contributed by atoms with Crippen LogP contribution in [-0.4, -0.2) is 32.4 Å². The zero-order valence-electron chi connectivity index (χ0n) is 16.8. The summed E-state index contributed by atoms with van der Waals surface area (Å²) in [6, 6.07) is 5.90. The molecule has 1 aliphatic rings. The summed E-state index contributed by atoms with van der Waals surface area (Å²) in [4.78, 5) is 43.0. The van der Waals surface area contributed by atoms with Gasteiger partial charge in [0.2, 0.25) is 5.91 Å². The van der Waals surface area contributed by atoms with Gasteiger partial charge >= 0.3 is 0 Å². The molecule has 0 radical (unpaired) electrons. The van der Waals surface area contributed by atoms with E-state index in [2.05, 4.69) is 39.0 Å². The standard InChI is InChI=1S/C22H23N5O2/c1-13-10-14(2)16-6-4-9-27(18(16)11-13)19(28)12-17-15(3)25-21(26-22(17)29)20-23-7-5-8-24-20/h5,7-8,10-11H,4,6,9,12H2,1-3H3,(H,25,26,29). The Labute approximate surface area is 168 Å². The lowest BCUT2D eigenvalue weighted by atomic mass is 9.94. The summed E-state index contributed by atoms with van der Waals surface area (Å²) in [5.74, 6) is 0.565. The number of hydrogen-bond donors (Lipinski definition) is 1. The van der Waals surface area contributed by atoms with Crippen molar-refractivity contribution < 1.29 is 4.79 Å². The molecule has 7 nitrogen and oxygen atoms in total. The van der Waals surface area contributed by atoms with Gasteiger partial charge in [-0.05, 0) is 62.4 Å². The minimum atomic E-state index is -0.328. The van der Waals surface area contributed by atoms with E-state index in [4.69, 9.17) is 0 Å². The summed E-state index contributed by atoms with van der Waals surface area (Å²) in [5, 5.41) is 0. The van der Waals surface area contributed by atoms with Crippen LogP contribution >= 0.6 is 0 Å². The van der Waals surface area contributed by atoms with Gasteiger partial charge in [-0.2, -0.15) is 0 Å². The summed E-state index contributed by atoms with van der Waals surface area (Å²) in [6.45, 7) is 6.52. The Hall–Kier alpha value is -3.35. The molecule has 0 unspecified atom stereocenters. The van der Waals surface area contributed by atoms with Crippen molar-refractivity contribution in [3.05, 3.63) is 68.9 Å². The fourth-order valence-corrected chi connectivity index (χ4v) is 3.93. The Morgan fingerprint density at radius 3 is 2.66 bits per heavy atom. The molecule has 0 atom stereocenters. The maximum atomic E-state index is 13.1. The van der Waals surface area contributed by atoms with E-state index in [0.29, 0.717) is 29.5 Å². The predicted octanol–water partition coefficient (Wildman–Crippen LogP) is 2.67. The molecule has 2 aromatic heterocycles. The van der Waals surface area contributed by atoms with Crippen LogP contribution in [0.25, 0.3) is 11.6 Å². The van der Waals surface area contributed by atoms with E-state index in [9.17, 15) is 9.59 Å². The van der Waals surface area contributed by atoms with E-state index in [0.717, 1.165) is 24.1 Å². The lowest BCUT2D eigenvalue weighted by molar-refractivity contribution is -0.118. The fourth-order valence-electron chi connectivity index (χ4n) is 3.93. The van der Waals surface area contributed by atoms with E-state index < -0.39 is 0 Å². The molecule has 1 aromatic carbocycles. The summed E-state index contributed by atoms with van der Waals surface area (Å²) in [7, 11) is 0. The second kappa shape index (κ2) is 7.58. The van der Waals surface area contributed by atoms with Crippen molar-refractivity contribution in [1.82, 2.24) is 19.9 Å². The normalized spacial score (nSPS) is 13.3. The second-order valence-electron chi connectivity index (χ2n) is 7.46. The Bertz CT molecular complexity index is 1140. The number of benzene rings is 1. The molecule has 0 saturated heterocycles. The average molecular weight is 389 g/mol. The molecule has 0 aliphatic carbocycles. The lowest BCUT2D eigenvalue weighted by Crippen LogP contribution is -2.38. The third-order valence-corrected chi connectivity index (χ3v) is 5.32. The number of nitrogens with one attached hydrogen (secondary N) is 1. The largest absolute Gasteiger partial charge is 0.312 e. The molecule has 148 valence electrons. The van der Waals surface area contributed by atoms with Crippen LogP contribution < -0.4 is 10.5 Å². The summed E-state index contributed by atoms with van der Waals surface area (Å²) >= 11 is 0.